The summed E-state index contributed by atoms with van der Waals surface area (Å²) in [6, 6.07) is 0. The van der Waals surface area contributed by atoms with Crippen LogP contribution in [0.3, 0.4) is 0 Å². The molecular formula is C21H29N9O3. The third-order valence-electron chi connectivity index (χ3n) is 5.86. The van der Waals surface area contributed by atoms with E-state index >= 15 is 0 Å². The molecule has 176 valence electrons. The van der Waals surface area contributed by atoms with Crippen molar-refractivity contribution in [1.82, 2.24) is 39.9 Å². The predicted octanol–water partition coefficient (Wildman–Crippen LogP) is 0.0421. The van der Waals surface area contributed by atoms with Gasteiger partial charge in [0.1, 0.15) is 5.52 Å². The van der Waals surface area contributed by atoms with E-state index in [1.807, 2.05) is 13.2 Å². The number of morpholine rings is 2. The third kappa shape index (κ3) is 4.97. The Morgan fingerprint density at radius 1 is 1.09 bits per heavy atom. The number of nitrogens with zero attached hydrogens (tertiary/aromatic N) is 7. The summed E-state index contributed by atoms with van der Waals surface area (Å²) in [6.07, 6.45) is 4.45. The minimum absolute atomic E-state index is 0.239. The van der Waals surface area contributed by atoms with Crippen LogP contribution in [0.1, 0.15) is 17.0 Å². The van der Waals surface area contributed by atoms with Crippen LogP contribution in [-0.2, 0) is 16.5 Å². The molecule has 0 aliphatic carbocycles. The van der Waals surface area contributed by atoms with Crippen molar-refractivity contribution in [1.29, 1.82) is 0 Å². The van der Waals surface area contributed by atoms with E-state index in [0.29, 0.717) is 49.8 Å². The minimum atomic E-state index is -0.245. The number of amides is 1. The fraction of sp³-hybridized carbons (Fsp3) is 0.571. The van der Waals surface area contributed by atoms with E-state index in [9.17, 15) is 4.79 Å². The number of aromatic nitrogens is 6. The fourth-order valence-corrected chi connectivity index (χ4v) is 4.07. The molecule has 2 aliphatic rings. The van der Waals surface area contributed by atoms with Crippen LogP contribution in [0.15, 0.2) is 12.4 Å². The van der Waals surface area contributed by atoms with Gasteiger partial charge in [0.05, 0.1) is 38.2 Å². The lowest BCUT2D eigenvalue weighted by atomic mass is 10.3. The molecule has 0 bridgehead atoms. The Kier molecular flexibility index (Phi) is 6.46. The molecule has 0 aromatic carbocycles. The molecule has 5 heterocycles. The number of ether oxygens (including phenoxy) is 2. The molecule has 2 N–H and O–H groups in total. The van der Waals surface area contributed by atoms with E-state index in [-0.39, 0.29) is 11.7 Å². The summed E-state index contributed by atoms with van der Waals surface area (Å²) >= 11 is 0. The number of carbonyl (C=O) groups excluding carboxylic acids is 1. The van der Waals surface area contributed by atoms with Crippen molar-refractivity contribution in [3.63, 3.8) is 0 Å². The summed E-state index contributed by atoms with van der Waals surface area (Å²) in [6.45, 7) is 7.62. The van der Waals surface area contributed by atoms with Gasteiger partial charge in [0.15, 0.2) is 23.1 Å². The van der Waals surface area contributed by atoms with E-state index in [2.05, 4.69) is 35.2 Å². The van der Waals surface area contributed by atoms with Gasteiger partial charge in [0, 0.05) is 46.0 Å². The highest BCUT2D eigenvalue weighted by molar-refractivity contribution is 5.96. The summed E-state index contributed by atoms with van der Waals surface area (Å²) in [5.74, 6) is 1.25. The minimum Gasteiger partial charge on any atom is -0.379 e. The molecule has 1 amide bonds. The smallest absolute Gasteiger partial charge is 0.287 e. The maximum atomic E-state index is 12.8. The molecule has 12 heteroatoms. The van der Waals surface area contributed by atoms with Crippen molar-refractivity contribution in [2.24, 2.45) is 7.05 Å². The van der Waals surface area contributed by atoms with Gasteiger partial charge in [-0.15, -0.1) is 0 Å². The van der Waals surface area contributed by atoms with Gasteiger partial charge < -0.3 is 24.7 Å². The fourth-order valence-electron chi connectivity index (χ4n) is 4.07. The van der Waals surface area contributed by atoms with E-state index in [4.69, 9.17) is 14.5 Å². The molecule has 12 nitrogen and oxygen atoms in total. The number of aryl methyl sites for hydroxylation is 1. The molecule has 0 atom stereocenters. The van der Waals surface area contributed by atoms with Crippen LogP contribution in [0.2, 0.25) is 0 Å². The molecule has 0 unspecified atom stereocenters. The first-order valence-electron chi connectivity index (χ1n) is 11.3. The second-order valence-corrected chi connectivity index (χ2v) is 8.22. The average Bonchev–Trinajstić information content (AvgIpc) is 3.48. The predicted molar refractivity (Wildman–Crippen MR) is 121 cm³/mol. The van der Waals surface area contributed by atoms with Crippen molar-refractivity contribution < 1.29 is 14.3 Å². The molecule has 2 fully saturated rings. The van der Waals surface area contributed by atoms with Crippen LogP contribution in [0.25, 0.3) is 22.6 Å². The van der Waals surface area contributed by atoms with Crippen molar-refractivity contribution in [3.05, 3.63) is 18.2 Å². The van der Waals surface area contributed by atoms with Gasteiger partial charge in [-0.1, -0.05) is 0 Å². The number of H-pyrrole nitrogens is 1. The van der Waals surface area contributed by atoms with Crippen molar-refractivity contribution >= 4 is 22.9 Å². The lowest BCUT2D eigenvalue weighted by molar-refractivity contribution is 0.0374. The summed E-state index contributed by atoms with van der Waals surface area (Å²) < 4.78 is 12.6. The monoisotopic (exact) mass is 455 g/mol. The lowest BCUT2D eigenvalue weighted by Gasteiger charge is -2.28. The van der Waals surface area contributed by atoms with Gasteiger partial charge in [-0.2, -0.15) is 5.10 Å². The Balaban J connectivity index is 1.34. The van der Waals surface area contributed by atoms with Crippen LogP contribution in [-0.4, -0.2) is 106 Å². The number of hydrogen-bond donors (Lipinski definition) is 2. The largest absolute Gasteiger partial charge is 0.379 e. The van der Waals surface area contributed by atoms with Gasteiger partial charge in [0.25, 0.3) is 5.91 Å². The number of rotatable bonds is 7. The molecule has 3 aromatic heterocycles. The van der Waals surface area contributed by atoms with E-state index in [1.54, 1.807) is 10.9 Å². The Bertz CT molecular complexity index is 1100. The Labute approximate surface area is 191 Å². The third-order valence-corrected chi connectivity index (χ3v) is 5.86. The molecular weight excluding hydrogens is 426 g/mol. The molecule has 0 radical (unpaired) electrons. The average molecular weight is 456 g/mol. The number of hydrogen-bond acceptors (Lipinski definition) is 9. The number of carbonyl (C=O) groups is 1. The van der Waals surface area contributed by atoms with Crippen LogP contribution in [0.4, 0.5) is 5.82 Å². The molecule has 2 saturated heterocycles. The zero-order chi connectivity index (χ0) is 22.6. The van der Waals surface area contributed by atoms with Crippen LogP contribution < -0.4 is 10.2 Å². The van der Waals surface area contributed by atoms with Gasteiger partial charge >= 0.3 is 0 Å². The Morgan fingerprint density at radius 2 is 1.85 bits per heavy atom. The van der Waals surface area contributed by atoms with Crippen molar-refractivity contribution in [3.8, 4) is 11.4 Å². The van der Waals surface area contributed by atoms with Gasteiger partial charge in [-0.3, -0.25) is 14.4 Å². The first-order valence-corrected chi connectivity index (χ1v) is 11.3. The van der Waals surface area contributed by atoms with Crippen molar-refractivity contribution in [2.75, 3.05) is 70.6 Å². The summed E-state index contributed by atoms with van der Waals surface area (Å²) in [4.78, 5) is 34.3. The lowest BCUT2D eigenvalue weighted by Crippen LogP contribution is -2.38. The summed E-state index contributed by atoms with van der Waals surface area (Å²) in [5.41, 5.74) is 1.91. The second-order valence-electron chi connectivity index (χ2n) is 8.22. The highest BCUT2D eigenvalue weighted by Crippen LogP contribution is 2.26. The topological polar surface area (TPSA) is 126 Å². The zero-order valence-electron chi connectivity index (χ0n) is 18.8. The number of imidazole rings is 1. The van der Waals surface area contributed by atoms with E-state index in [0.717, 1.165) is 50.7 Å². The molecule has 0 spiro atoms. The first-order chi connectivity index (χ1) is 16.2. The molecule has 0 saturated carbocycles. The van der Waals surface area contributed by atoms with E-state index < -0.39 is 0 Å². The van der Waals surface area contributed by atoms with Crippen LogP contribution in [0, 0.1) is 0 Å². The van der Waals surface area contributed by atoms with Crippen LogP contribution in [0.5, 0.6) is 0 Å². The number of aromatic amines is 1. The van der Waals surface area contributed by atoms with Crippen molar-refractivity contribution in [2.45, 2.75) is 6.42 Å². The van der Waals surface area contributed by atoms with Gasteiger partial charge in [0.2, 0.25) is 0 Å². The SMILES string of the molecule is Cn1cc(-c2nc(N3CCOCC3)c3[nH]c(C(=O)NCCCN4CCOCC4)nc3n2)cn1. The maximum absolute atomic E-state index is 12.8. The zero-order valence-corrected chi connectivity index (χ0v) is 18.8. The highest BCUT2D eigenvalue weighted by atomic mass is 16.5. The normalized spacial score (nSPS) is 17.5. The molecule has 33 heavy (non-hydrogen) atoms. The molecule has 3 aromatic rings. The number of nitrogens with one attached hydrogen (secondary N) is 2. The first kappa shape index (κ1) is 21.7. The van der Waals surface area contributed by atoms with Gasteiger partial charge in [-0.25, -0.2) is 15.0 Å². The maximum Gasteiger partial charge on any atom is 0.287 e. The molecule has 2 aliphatic heterocycles. The molecule has 5 rings (SSSR count). The van der Waals surface area contributed by atoms with Gasteiger partial charge in [-0.05, 0) is 13.0 Å². The van der Waals surface area contributed by atoms with E-state index in [1.165, 1.54) is 0 Å². The second kappa shape index (κ2) is 9.81. The summed E-state index contributed by atoms with van der Waals surface area (Å²) in [7, 11) is 1.85. The summed E-state index contributed by atoms with van der Waals surface area (Å²) in [5, 5.41) is 7.19. The number of anilines is 1. The number of fused-ring (bicyclic) bond motifs is 1. The Hall–Kier alpha value is -3.09. The standard InChI is InChI=1S/C21H29N9O3/c1-28-14-15(13-23-28)17-25-18-16(20(27-17)30-7-11-33-12-8-30)24-19(26-18)21(31)22-3-2-4-29-5-9-32-10-6-29/h13-14H,2-12H2,1H3,(H,22,31)(H,24,25,26,27). The Morgan fingerprint density at radius 3 is 2.58 bits per heavy atom. The highest BCUT2D eigenvalue weighted by Gasteiger charge is 2.22. The quantitative estimate of drug-likeness (QED) is 0.475. The van der Waals surface area contributed by atoms with Crippen LogP contribution >= 0.6 is 0 Å².